The summed E-state index contributed by atoms with van der Waals surface area (Å²) in [5.74, 6) is -1.16. The molecule has 6 nitrogen and oxygen atoms in total. The largest absolute Gasteiger partial charge is 0.449 e. The normalized spacial score (nSPS) is 16.5. The number of para-hydroxylation sites is 1. The van der Waals surface area contributed by atoms with Crippen LogP contribution in [0.25, 0.3) is 6.08 Å². The molecule has 1 N–H and O–H groups in total. The Kier molecular flexibility index (Phi) is 4.91. The lowest BCUT2D eigenvalue weighted by Crippen LogP contribution is -2.54. The molecule has 0 bridgehead atoms. The van der Waals surface area contributed by atoms with Crippen molar-refractivity contribution >= 4 is 61.5 Å². The van der Waals surface area contributed by atoms with E-state index in [1.807, 2.05) is 19.1 Å². The van der Waals surface area contributed by atoms with Crippen LogP contribution < -0.4 is 10.2 Å². The quantitative estimate of drug-likeness (QED) is 0.545. The molecule has 1 aliphatic heterocycles. The summed E-state index contributed by atoms with van der Waals surface area (Å²) in [7, 11) is 0. The van der Waals surface area contributed by atoms with Crippen molar-refractivity contribution in [2.45, 2.75) is 13.3 Å². The van der Waals surface area contributed by atoms with Gasteiger partial charge in [-0.1, -0.05) is 25.1 Å². The van der Waals surface area contributed by atoms with Gasteiger partial charge in [0.1, 0.15) is 11.3 Å². The Labute approximate surface area is 160 Å². The third-order valence-electron chi connectivity index (χ3n) is 3.67. The fourth-order valence-electron chi connectivity index (χ4n) is 2.48. The number of carbonyl (C=O) groups excluding carboxylic acids is 3. The molecule has 4 amide bonds. The van der Waals surface area contributed by atoms with Crippen LogP contribution in [0.5, 0.6) is 0 Å². The predicted molar refractivity (Wildman–Crippen MR) is 98.9 cm³/mol. The molecule has 1 aromatic heterocycles. The van der Waals surface area contributed by atoms with Crippen LogP contribution in [0.2, 0.25) is 0 Å². The van der Waals surface area contributed by atoms with Crippen LogP contribution >= 0.6 is 31.9 Å². The van der Waals surface area contributed by atoms with Crippen LogP contribution in [0.4, 0.5) is 10.5 Å². The average Bonchev–Trinajstić information content (AvgIpc) is 2.89. The van der Waals surface area contributed by atoms with E-state index in [1.165, 1.54) is 6.08 Å². The Bertz CT molecular complexity index is 898. The molecular weight excluding hydrogens is 456 g/mol. The van der Waals surface area contributed by atoms with Crippen molar-refractivity contribution in [2.75, 3.05) is 4.90 Å². The molecule has 2 heterocycles. The molecule has 25 heavy (non-hydrogen) atoms. The molecule has 2 aromatic rings. The number of halogens is 2. The zero-order valence-corrected chi connectivity index (χ0v) is 16.2. The first-order valence-electron chi connectivity index (χ1n) is 7.36. The monoisotopic (exact) mass is 466 g/mol. The van der Waals surface area contributed by atoms with Crippen LogP contribution in [-0.4, -0.2) is 17.8 Å². The second-order valence-electron chi connectivity index (χ2n) is 5.21. The van der Waals surface area contributed by atoms with E-state index in [-0.39, 0.29) is 5.57 Å². The Morgan fingerprint density at radius 3 is 2.56 bits per heavy atom. The van der Waals surface area contributed by atoms with Crippen LogP contribution in [0.3, 0.4) is 0 Å². The van der Waals surface area contributed by atoms with E-state index in [2.05, 4.69) is 37.2 Å². The standard InChI is InChI=1S/C17H12Br2N2O4/c1-2-9-5-3-4-6-13(9)21-16(23)11(15(22)20-17(21)24)7-10-8-12(18)14(19)25-10/h3-8H,2H2,1H3,(H,20,22,24)/b11-7+. The van der Waals surface area contributed by atoms with E-state index < -0.39 is 17.8 Å². The summed E-state index contributed by atoms with van der Waals surface area (Å²) in [5.41, 5.74) is 1.09. The first-order valence-corrected chi connectivity index (χ1v) is 8.95. The Morgan fingerprint density at radius 1 is 1.20 bits per heavy atom. The van der Waals surface area contributed by atoms with Gasteiger partial charge in [-0.2, -0.15) is 0 Å². The van der Waals surface area contributed by atoms with Gasteiger partial charge < -0.3 is 4.42 Å². The highest BCUT2D eigenvalue weighted by molar-refractivity contribution is 9.13. The Morgan fingerprint density at radius 2 is 1.92 bits per heavy atom. The minimum absolute atomic E-state index is 0.181. The van der Waals surface area contributed by atoms with Crippen LogP contribution in [-0.2, 0) is 16.0 Å². The van der Waals surface area contributed by atoms with E-state index in [9.17, 15) is 14.4 Å². The molecule has 3 rings (SSSR count). The molecular formula is C17H12Br2N2O4. The fourth-order valence-corrected chi connectivity index (χ4v) is 3.09. The molecule has 0 aliphatic carbocycles. The number of benzene rings is 1. The molecule has 0 spiro atoms. The number of aryl methyl sites for hydroxylation is 1. The minimum atomic E-state index is -0.769. The number of amides is 4. The summed E-state index contributed by atoms with van der Waals surface area (Å²) in [6.45, 7) is 1.92. The summed E-state index contributed by atoms with van der Waals surface area (Å²) < 4.78 is 6.47. The van der Waals surface area contributed by atoms with E-state index >= 15 is 0 Å². The van der Waals surface area contributed by atoms with Gasteiger partial charge in [0.15, 0.2) is 4.67 Å². The maximum atomic E-state index is 12.8. The van der Waals surface area contributed by atoms with Crippen molar-refractivity contribution in [3.8, 4) is 0 Å². The van der Waals surface area contributed by atoms with E-state index in [0.29, 0.717) is 27.0 Å². The summed E-state index contributed by atoms with van der Waals surface area (Å²) in [5, 5.41) is 2.20. The lowest BCUT2D eigenvalue weighted by molar-refractivity contribution is -0.122. The number of nitrogens with zero attached hydrogens (tertiary/aromatic N) is 1. The van der Waals surface area contributed by atoms with Gasteiger partial charge in [0.25, 0.3) is 11.8 Å². The minimum Gasteiger partial charge on any atom is -0.449 e. The highest BCUT2D eigenvalue weighted by Gasteiger charge is 2.37. The summed E-state index contributed by atoms with van der Waals surface area (Å²) in [4.78, 5) is 38.2. The number of anilines is 1. The number of nitrogens with one attached hydrogen (secondary N) is 1. The molecule has 1 aliphatic rings. The molecule has 1 saturated heterocycles. The molecule has 0 unspecified atom stereocenters. The average molecular weight is 468 g/mol. The SMILES string of the molecule is CCc1ccccc1N1C(=O)NC(=O)/C(=C\c2cc(Br)c(Br)o2)C1=O. The van der Waals surface area contributed by atoms with Gasteiger partial charge in [0.05, 0.1) is 10.2 Å². The van der Waals surface area contributed by atoms with Gasteiger partial charge in [-0.15, -0.1) is 0 Å². The zero-order valence-electron chi connectivity index (χ0n) is 13.0. The smallest absolute Gasteiger partial charge is 0.335 e. The Hall–Kier alpha value is -2.19. The first-order chi connectivity index (χ1) is 11.9. The third kappa shape index (κ3) is 3.32. The molecule has 0 atom stereocenters. The lowest BCUT2D eigenvalue weighted by Gasteiger charge is -2.27. The number of furan rings is 1. The van der Waals surface area contributed by atoms with Gasteiger partial charge >= 0.3 is 6.03 Å². The fraction of sp³-hybridized carbons (Fsp3) is 0.118. The molecule has 1 fully saturated rings. The number of urea groups is 1. The van der Waals surface area contributed by atoms with E-state index in [0.717, 1.165) is 10.5 Å². The number of barbiturate groups is 1. The van der Waals surface area contributed by atoms with Crippen molar-refractivity contribution in [3.05, 3.63) is 56.4 Å². The third-order valence-corrected chi connectivity index (χ3v) is 5.38. The second kappa shape index (κ2) is 6.97. The van der Waals surface area contributed by atoms with Crippen molar-refractivity contribution in [1.82, 2.24) is 5.32 Å². The zero-order chi connectivity index (χ0) is 18.1. The number of carbonyl (C=O) groups is 3. The van der Waals surface area contributed by atoms with Gasteiger partial charge in [-0.05, 0) is 62.1 Å². The van der Waals surface area contributed by atoms with Gasteiger partial charge in [-0.25, -0.2) is 9.69 Å². The highest BCUT2D eigenvalue weighted by atomic mass is 79.9. The van der Waals surface area contributed by atoms with Gasteiger partial charge in [0, 0.05) is 0 Å². The van der Waals surface area contributed by atoms with E-state index in [4.69, 9.17) is 4.42 Å². The van der Waals surface area contributed by atoms with Crippen molar-refractivity contribution < 1.29 is 18.8 Å². The molecule has 0 saturated carbocycles. The number of hydrogen-bond acceptors (Lipinski definition) is 4. The lowest BCUT2D eigenvalue weighted by atomic mass is 10.1. The second-order valence-corrected chi connectivity index (χ2v) is 6.79. The maximum absolute atomic E-state index is 12.8. The molecule has 128 valence electrons. The van der Waals surface area contributed by atoms with Gasteiger partial charge in [0.2, 0.25) is 0 Å². The summed E-state index contributed by atoms with van der Waals surface area (Å²) in [6.07, 6.45) is 1.94. The molecule has 0 radical (unpaired) electrons. The predicted octanol–water partition coefficient (Wildman–Crippen LogP) is 4.03. The first kappa shape index (κ1) is 17.6. The van der Waals surface area contributed by atoms with Crippen molar-refractivity contribution in [1.29, 1.82) is 0 Å². The highest BCUT2D eigenvalue weighted by Crippen LogP contribution is 2.30. The molecule has 8 heteroatoms. The number of hydrogen-bond donors (Lipinski definition) is 1. The Balaban J connectivity index is 2.05. The van der Waals surface area contributed by atoms with Crippen LogP contribution in [0.15, 0.2) is 49.5 Å². The van der Waals surface area contributed by atoms with Gasteiger partial charge in [-0.3, -0.25) is 14.9 Å². The topological polar surface area (TPSA) is 79.6 Å². The maximum Gasteiger partial charge on any atom is 0.335 e. The summed E-state index contributed by atoms with van der Waals surface area (Å²) >= 11 is 6.46. The number of imide groups is 2. The number of rotatable bonds is 3. The van der Waals surface area contributed by atoms with Crippen molar-refractivity contribution in [3.63, 3.8) is 0 Å². The van der Waals surface area contributed by atoms with E-state index in [1.54, 1.807) is 18.2 Å². The van der Waals surface area contributed by atoms with Crippen LogP contribution in [0.1, 0.15) is 18.2 Å². The van der Waals surface area contributed by atoms with Crippen molar-refractivity contribution in [2.24, 2.45) is 0 Å². The molecule has 1 aromatic carbocycles. The summed E-state index contributed by atoms with van der Waals surface area (Å²) in [6, 6.07) is 7.90. The van der Waals surface area contributed by atoms with Crippen LogP contribution in [0, 0.1) is 0 Å².